The summed E-state index contributed by atoms with van der Waals surface area (Å²) >= 11 is 1.78. The Balaban J connectivity index is 1.73. The van der Waals surface area contributed by atoms with E-state index in [1.165, 1.54) is 10.6 Å². The zero-order chi connectivity index (χ0) is 15.7. The molecule has 22 heavy (non-hydrogen) atoms. The van der Waals surface area contributed by atoms with Crippen LogP contribution in [-0.2, 0) is 6.42 Å². The highest BCUT2D eigenvalue weighted by Crippen LogP contribution is 2.35. The minimum atomic E-state index is -0.0828. The molecule has 1 aliphatic rings. The van der Waals surface area contributed by atoms with Crippen molar-refractivity contribution in [2.45, 2.75) is 32.1 Å². The first kappa shape index (κ1) is 14.8. The van der Waals surface area contributed by atoms with Crippen molar-refractivity contribution in [3.63, 3.8) is 0 Å². The number of rotatable bonds is 3. The number of hydrogen-bond donors (Lipinski definition) is 1. The molecule has 2 heterocycles. The Morgan fingerprint density at radius 2 is 2.45 bits per heavy atom. The molecule has 2 aromatic heterocycles. The van der Waals surface area contributed by atoms with Gasteiger partial charge in [0, 0.05) is 30.6 Å². The van der Waals surface area contributed by atoms with Gasteiger partial charge in [0.05, 0.1) is 16.3 Å². The van der Waals surface area contributed by atoms with Crippen LogP contribution in [0, 0.1) is 18.3 Å². The van der Waals surface area contributed by atoms with Crippen molar-refractivity contribution in [3.8, 4) is 6.07 Å². The zero-order valence-corrected chi connectivity index (χ0v) is 13.5. The lowest BCUT2D eigenvalue weighted by Crippen LogP contribution is -2.32. The predicted molar refractivity (Wildman–Crippen MR) is 85.0 cm³/mol. The lowest BCUT2D eigenvalue weighted by atomic mass is 9.90. The van der Waals surface area contributed by atoms with Gasteiger partial charge in [-0.25, -0.2) is 4.98 Å². The molecule has 1 N–H and O–H groups in total. The number of nitrogens with zero attached hydrogens (tertiary/aromatic N) is 3. The number of aromatic amines is 1. The monoisotopic (exact) mass is 314 g/mol. The van der Waals surface area contributed by atoms with Gasteiger partial charge in [0.25, 0.3) is 5.91 Å². The average molecular weight is 314 g/mol. The Labute approximate surface area is 133 Å². The number of carbonyl (C=O) groups is 1. The summed E-state index contributed by atoms with van der Waals surface area (Å²) in [5.74, 6) is 0.230. The molecule has 0 saturated heterocycles. The van der Waals surface area contributed by atoms with Gasteiger partial charge in [0.15, 0.2) is 0 Å². The molecular formula is C16H18N4OS. The van der Waals surface area contributed by atoms with Crippen LogP contribution in [0.1, 0.15) is 50.4 Å². The summed E-state index contributed by atoms with van der Waals surface area (Å²) in [6.07, 6.45) is 4.89. The molecule has 0 saturated carbocycles. The second kappa shape index (κ2) is 5.93. The van der Waals surface area contributed by atoms with E-state index in [1.807, 2.05) is 20.0 Å². The minimum absolute atomic E-state index is 0.0828. The summed E-state index contributed by atoms with van der Waals surface area (Å²) in [4.78, 5) is 23.1. The molecule has 5 nitrogen and oxygen atoms in total. The van der Waals surface area contributed by atoms with Crippen molar-refractivity contribution in [2.24, 2.45) is 0 Å². The fourth-order valence-corrected chi connectivity index (χ4v) is 4.07. The Kier molecular flexibility index (Phi) is 3.99. The maximum atomic E-state index is 12.4. The van der Waals surface area contributed by atoms with Crippen LogP contribution in [0.15, 0.2) is 12.3 Å². The van der Waals surface area contributed by atoms with Crippen LogP contribution in [0.4, 0.5) is 0 Å². The molecule has 1 amide bonds. The molecule has 3 rings (SSSR count). The number of nitrogens with one attached hydrogen (secondary N) is 1. The molecule has 0 aromatic carbocycles. The first-order chi connectivity index (χ1) is 10.6. The van der Waals surface area contributed by atoms with Gasteiger partial charge >= 0.3 is 0 Å². The van der Waals surface area contributed by atoms with E-state index >= 15 is 0 Å². The first-order valence-corrected chi connectivity index (χ1v) is 8.20. The molecule has 0 aliphatic heterocycles. The summed E-state index contributed by atoms with van der Waals surface area (Å²) in [5.41, 5.74) is 2.12. The lowest BCUT2D eigenvalue weighted by molar-refractivity contribution is 0.0778. The summed E-state index contributed by atoms with van der Waals surface area (Å²) in [5, 5.41) is 9.95. The van der Waals surface area contributed by atoms with Crippen molar-refractivity contribution >= 4 is 17.2 Å². The topological polar surface area (TPSA) is 72.8 Å². The third-order valence-electron chi connectivity index (χ3n) is 4.06. The number of aromatic nitrogens is 2. The second-order valence-electron chi connectivity index (χ2n) is 5.73. The van der Waals surface area contributed by atoms with Crippen molar-refractivity contribution in [1.29, 1.82) is 5.26 Å². The van der Waals surface area contributed by atoms with Crippen molar-refractivity contribution in [3.05, 3.63) is 39.1 Å². The van der Waals surface area contributed by atoms with Crippen LogP contribution in [0.25, 0.3) is 0 Å². The quantitative estimate of drug-likeness (QED) is 0.946. The highest BCUT2D eigenvalue weighted by molar-refractivity contribution is 7.11. The molecule has 2 aromatic rings. The first-order valence-electron chi connectivity index (χ1n) is 7.38. The van der Waals surface area contributed by atoms with Gasteiger partial charge in [-0.2, -0.15) is 5.26 Å². The highest BCUT2D eigenvalue weighted by Gasteiger charge is 2.27. The van der Waals surface area contributed by atoms with Crippen LogP contribution in [0.2, 0.25) is 0 Å². The van der Waals surface area contributed by atoms with Crippen LogP contribution in [0.5, 0.6) is 0 Å². The third-order valence-corrected chi connectivity index (χ3v) is 5.11. The number of nitriles is 1. The standard InChI is InChI=1S/C16H18N4OS/c1-10-19-15-12(4-3-5-14(15)22-10)9-20(2)16(21)13-6-11(7-17)8-18-13/h6,8,12,18H,3-5,9H2,1-2H3. The number of fused-ring (bicyclic) bond motifs is 1. The van der Waals surface area contributed by atoms with E-state index in [2.05, 4.69) is 9.97 Å². The molecule has 0 spiro atoms. The van der Waals surface area contributed by atoms with E-state index in [1.54, 1.807) is 28.5 Å². The van der Waals surface area contributed by atoms with Crippen molar-refractivity contribution < 1.29 is 4.79 Å². The summed E-state index contributed by atoms with van der Waals surface area (Å²) in [6.45, 7) is 2.70. The zero-order valence-electron chi connectivity index (χ0n) is 12.7. The number of H-pyrrole nitrogens is 1. The van der Waals surface area contributed by atoms with Gasteiger partial charge in [-0.1, -0.05) is 0 Å². The molecule has 0 radical (unpaired) electrons. The van der Waals surface area contributed by atoms with E-state index in [9.17, 15) is 4.79 Å². The Morgan fingerprint density at radius 1 is 1.64 bits per heavy atom. The Bertz CT molecular complexity index is 740. The third kappa shape index (κ3) is 2.77. The number of thiazole rings is 1. The molecule has 114 valence electrons. The van der Waals surface area contributed by atoms with Gasteiger partial charge in [-0.15, -0.1) is 11.3 Å². The maximum absolute atomic E-state index is 12.4. The van der Waals surface area contributed by atoms with Gasteiger partial charge in [0.1, 0.15) is 11.8 Å². The largest absolute Gasteiger partial charge is 0.356 e. The SMILES string of the molecule is Cc1nc2c(s1)CCCC2CN(C)C(=O)c1cc(C#N)c[nH]1. The molecule has 1 atom stereocenters. The van der Waals surface area contributed by atoms with E-state index < -0.39 is 0 Å². The maximum Gasteiger partial charge on any atom is 0.270 e. The number of likely N-dealkylation sites (N-methyl/N-ethyl adjacent to an activating group) is 1. The second-order valence-corrected chi connectivity index (χ2v) is 7.02. The van der Waals surface area contributed by atoms with Crippen LogP contribution < -0.4 is 0 Å². The molecular weight excluding hydrogens is 296 g/mol. The Hall–Kier alpha value is -2.13. The highest BCUT2D eigenvalue weighted by atomic mass is 32.1. The normalized spacial score (nSPS) is 16.9. The van der Waals surface area contributed by atoms with Crippen LogP contribution >= 0.6 is 11.3 Å². The Morgan fingerprint density at radius 3 is 3.18 bits per heavy atom. The summed E-state index contributed by atoms with van der Waals surface area (Å²) in [6, 6.07) is 3.62. The molecule has 6 heteroatoms. The fourth-order valence-electron chi connectivity index (χ4n) is 3.01. The fraction of sp³-hybridized carbons (Fsp3) is 0.438. The van der Waals surface area contributed by atoms with Gasteiger partial charge in [-0.3, -0.25) is 4.79 Å². The number of carbonyl (C=O) groups excluding carboxylic acids is 1. The average Bonchev–Trinajstić information content (AvgIpc) is 3.12. The van der Waals surface area contributed by atoms with Gasteiger partial charge < -0.3 is 9.88 Å². The number of aryl methyl sites for hydroxylation is 2. The van der Waals surface area contributed by atoms with Gasteiger partial charge in [-0.05, 0) is 32.3 Å². The van der Waals surface area contributed by atoms with Gasteiger partial charge in [0.2, 0.25) is 0 Å². The van der Waals surface area contributed by atoms with Crippen LogP contribution in [-0.4, -0.2) is 34.4 Å². The lowest BCUT2D eigenvalue weighted by Gasteiger charge is -2.26. The minimum Gasteiger partial charge on any atom is -0.356 e. The smallest absolute Gasteiger partial charge is 0.270 e. The number of hydrogen-bond acceptors (Lipinski definition) is 4. The van der Waals surface area contributed by atoms with Crippen molar-refractivity contribution in [1.82, 2.24) is 14.9 Å². The van der Waals surface area contributed by atoms with Crippen LogP contribution in [0.3, 0.4) is 0 Å². The van der Waals surface area contributed by atoms with E-state index in [-0.39, 0.29) is 5.91 Å². The molecule has 1 unspecified atom stereocenters. The van der Waals surface area contributed by atoms with Crippen molar-refractivity contribution in [2.75, 3.05) is 13.6 Å². The summed E-state index contributed by atoms with van der Waals surface area (Å²) < 4.78 is 0. The van der Waals surface area contributed by atoms with E-state index in [4.69, 9.17) is 5.26 Å². The molecule has 0 bridgehead atoms. The molecule has 1 aliphatic carbocycles. The summed E-state index contributed by atoms with van der Waals surface area (Å²) in [7, 11) is 1.81. The predicted octanol–water partition coefficient (Wildman–Crippen LogP) is 2.84. The molecule has 0 fully saturated rings. The number of amides is 1. The van der Waals surface area contributed by atoms with E-state index in [0.717, 1.165) is 24.3 Å². The van der Waals surface area contributed by atoms with E-state index in [0.29, 0.717) is 23.7 Å².